The summed E-state index contributed by atoms with van der Waals surface area (Å²) in [5, 5.41) is 3.55. The molecule has 0 saturated carbocycles. The molecular weight excluding hydrogens is 443 g/mol. The minimum absolute atomic E-state index is 0.0585. The molecule has 3 aromatic rings. The molecule has 3 nitrogen and oxygen atoms in total. The molecule has 134 valence electrons. The van der Waals surface area contributed by atoms with Gasteiger partial charge in [-0.25, -0.2) is 26.9 Å². The predicted octanol–water partition coefficient (Wildman–Crippen LogP) is 5.52. The van der Waals surface area contributed by atoms with Crippen molar-refractivity contribution in [2.45, 2.75) is 0 Å². The Morgan fingerprint density at radius 1 is 0.923 bits per heavy atom. The van der Waals surface area contributed by atoms with Gasteiger partial charge in [-0.1, -0.05) is 28.1 Å². The molecule has 26 heavy (non-hydrogen) atoms. The second kappa shape index (κ2) is 7.12. The van der Waals surface area contributed by atoms with Crippen molar-refractivity contribution < 1.29 is 26.7 Å². The van der Waals surface area contributed by atoms with Crippen molar-refractivity contribution in [2.75, 3.05) is 5.32 Å². The number of hydrogen-bond acceptors (Lipinski definition) is 3. The molecule has 0 bridgehead atoms. The number of anilines is 1. The number of benzene rings is 2. The lowest BCUT2D eigenvalue weighted by Crippen LogP contribution is -2.19. The summed E-state index contributed by atoms with van der Waals surface area (Å²) in [4.78, 5) is 16.0. The van der Waals surface area contributed by atoms with Crippen LogP contribution in [0.1, 0.15) is 10.4 Å². The van der Waals surface area contributed by atoms with Gasteiger partial charge in [0, 0.05) is 15.4 Å². The molecule has 10 heteroatoms. The van der Waals surface area contributed by atoms with Gasteiger partial charge in [0.15, 0.2) is 28.4 Å². The molecule has 0 radical (unpaired) electrons. The molecule has 1 amide bonds. The molecule has 1 N–H and O–H groups in total. The number of hydrogen-bond donors (Lipinski definition) is 1. The lowest BCUT2D eigenvalue weighted by molar-refractivity contribution is 0.101. The van der Waals surface area contributed by atoms with Crippen molar-refractivity contribution in [1.82, 2.24) is 4.98 Å². The van der Waals surface area contributed by atoms with E-state index in [-0.39, 0.29) is 5.13 Å². The molecule has 0 spiro atoms. The number of rotatable bonds is 3. The maximum Gasteiger partial charge on any atom is 0.263 e. The van der Waals surface area contributed by atoms with Gasteiger partial charge in [0.2, 0.25) is 5.82 Å². The van der Waals surface area contributed by atoms with Gasteiger partial charge in [-0.15, -0.1) is 11.3 Å². The third-order valence-electron chi connectivity index (χ3n) is 3.30. The highest BCUT2D eigenvalue weighted by Crippen LogP contribution is 2.28. The van der Waals surface area contributed by atoms with E-state index in [2.05, 4.69) is 20.9 Å². The number of amides is 1. The van der Waals surface area contributed by atoms with Crippen LogP contribution in [-0.2, 0) is 0 Å². The zero-order valence-corrected chi connectivity index (χ0v) is 14.8. The molecule has 0 atom stereocenters. The van der Waals surface area contributed by atoms with Crippen LogP contribution in [0.25, 0.3) is 11.3 Å². The zero-order valence-electron chi connectivity index (χ0n) is 12.4. The summed E-state index contributed by atoms with van der Waals surface area (Å²) < 4.78 is 67.6. The molecule has 0 aliphatic carbocycles. The Balaban J connectivity index is 1.89. The fraction of sp³-hybridized carbons (Fsp3) is 0. The Labute approximate surface area is 155 Å². The van der Waals surface area contributed by atoms with Crippen LogP contribution in [0.3, 0.4) is 0 Å². The first-order valence-corrected chi connectivity index (χ1v) is 8.51. The Hall–Kier alpha value is -2.33. The van der Waals surface area contributed by atoms with Crippen LogP contribution < -0.4 is 5.32 Å². The second-order valence-electron chi connectivity index (χ2n) is 4.94. The molecule has 0 aliphatic heterocycles. The zero-order chi connectivity index (χ0) is 19.0. The topological polar surface area (TPSA) is 42.0 Å². The van der Waals surface area contributed by atoms with E-state index in [1.807, 2.05) is 5.32 Å². The summed E-state index contributed by atoms with van der Waals surface area (Å²) in [5.74, 6) is -12.6. The fourth-order valence-electron chi connectivity index (χ4n) is 2.05. The standard InChI is InChI=1S/C16H6BrF5N2OS/c17-7-3-1-6(2-4-7)8-5-26-16(23-8)24-15(25)9-10(18)12(20)14(22)13(21)11(9)19/h1-5H,(H,23,24,25). The smallest absolute Gasteiger partial charge is 0.263 e. The molecule has 2 aromatic carbocycles. The van der Waals surface area contributed by atoms with Gasteiger partial charge in [-0.2, -0.15) is 0 Å². The van der Waals surface area contributed by atoms with Crippen molar-refractivity contribution in [3.8, 4) is 11.3 Å². The monoisotopic (exact) mass is 448 g/mol. The van der Waals surface area contributed by atoms with Crippen LogP contribution >= 0.6 is 27.3 Å². The third kappa shape index (κ3) is 3.34. The summed E-state index contributed by atoms with van der Waals surface area (Å²) in [6.45, 7) is 0. The number of nitrogens with zero attached hydrogens (tertiary/aromatic N) is 1. The maximum absolute atomic E-state index is 13.7. The lowest BCUT2D eigenvalue weighted by atomic mass is 10.1. The molecule has 3 rings (SSSR count). The summed E-state index contributed by atoms with van der Waals surface area (Å²) >= 11 is 4.21. The van der Waals surface area contributed by atoms with Crippen LogP contribution in [0.2, 0.25) is 0 Å². The van der Waals surface area contributed by atoms with E-state index in [1.165, 1.54) is 0 Å². The second-order valence-corrected chi connectivity index (χ2v) is 6.72. The van der Waals surface area contributed by atoms with Gasteiger partial charge in [0.1, 0.15) is 5.56 Å². The van der Waals surface area contributed by atoms with Crippen molar-refractivity contribution in [2.24, 2.45) is 0 Å². The summed E-state index contributed by atoms with van der Waals surface area (Å²) in [7, 11) is 0. The molecule has 1 heterocycles. The molecular formula is C16H6BrF5N2OS. The molecule has 0 aliphatic rings. The normalized spacial score (nSPS) is 10.8. The highest BCUT2D eigenvalue weighted by Gasteiger charge is 2.30. The average molecular weight is 449 g/mol. The van der Waals surface area contributed by atoms with Crippen LogP contribution in [0, 0.1) is 29.1 Å². The van der Waals surface area contributed by atoms with Crippen LogP contribution in [0.4, 0.5) is 27.1 Å². The highest BCUT2D eigenvalue weighted by atomic mass is 79.9. The number of halogens is 6. The summed E-state index contributed by atoms with van der Waals surface area (Å²) in [6.07, 6.45) is 0. The number of aromatic nitrogens is 1. The van der Waals surface area contributed by atoms with Crippen LogP contribution in [-0.4, -0.2) is 10.9 Å². The average Bonchev–Trinajstić information content (AvgIpc) is 3.07. The van der Waals surface area contributed by atoms with Gasteiger partial charge >= 0.3 is 0 Å². The van der Waals surface area contributed by atoms with Gasteiger partial charge in [0.25, 0.3) is 5.91 Å². The van der Waals surface area contributed by atoms with E-state index in [4.69, 9.17) is 0 Å². The first-order chi connectivity index (χ1) is 12.3. The maximum atomic E-state index is 13.7. The van der Waals surface area contributed by atoms with Gasteiger partial charge < -0.3 is 0 Å². The van der Waals surface area contributed by atoms with Gasteiger partial charge in [-0.05, 0) is 12.1 Å². The Bertz CT molecular complexity index is 978. The largest absolute Gasteiger partial charge is 0.298 e. The Kier molecular flexibility index (Phi) is 5.05. The first-order valence-electron chi connectivity index (χ1n) is 6.84. The summed E-state index contributed by atoms with van der Waals surface area (Å²) in [5.41, 5.74) is -0.391. The highest BCUT2D eigenvalue weighted by molar-refractivity contribution is 9.10. The van der Waals surface area contributed by atoms with E-state index in [1.54, 1.807) is 29.6 Å². The first kappa shape index (κ1) is 18.5. The van der Waals surface area contributed by atoms with Crippen molar-refractivity contribution >= 4 is 38.3 Å². The van der Waals surface area contributed by atoms with Crippen molar-refractivity contribution in [3.63, 3.8) is 0 Å². The number of carbonyl (C=O) groups excluding carboxylic acids is 1. The van der Waals surface area contributed by atoms with Crippen molar-refractivity contribution in [3.05, 3.63) is 68.8 Å². The number of carbonyl (C=O) groups is 1. The lowest BCUT2D eigenvalue weighted by Gasteiger charge is -2.07. The van der Waals surface area contributed by atoms with Crippen molar-refractivity contribution in [1.29, 1.82) is 0 Å². The van der Waals surface area contributed by atoms with Gasteiger partial charge in [-0.3, -0.25) is 10.1 Å². The number of nitrogens with one attached hydrogen (secondary N) is 1. The third-order valence-corrected chi connectivity index (χ3v) is 4.59. The Morgan fingerprint density at radius 2 is 1.46 bits per heavy atom. The van der Waals surface area contributed by atoms with E-state index in [9.17, 15) is 26.7 Å². The van der Waals surface area contributed by atoms with Gasteiger partial charge in [0.05, 0.1) is 5.69 Å². The molecule has 0 saturated heterocycles. The Morgan fingerprint density at radius 3 is 2.04 bits per heavy atom. The minimum atomic E-state index is -2.33. The predicted molar refractivity (Wildman–Crippen MR) is 89.4 cm³/mol. The molecule has 0 unspecified atom stereocenters. The van der Waals surface area contributed by atoms with E-state index >= 15 is 0 Å². The van der Waals surface area contributed by atoms with Crippen LogP contribution in [0.5, 0.6) is 0 Å². The van der Waals surface area contributed by atoms with E-state index in [0.29, 0.717) is 11.3 Å². The quantitative estimate of drug-likeness (QED) is 0.325. The van der Waals surface area contributed by atoms with E-state index < -0.39 is 40.6 Å². The molecule has 0 fully saturated rings. The number of thiazole rings is 1. The van der Waals surface area contributed by atoms with Crippen LogP contribution in [0.15, 0.2) is 34.1 Å². The molecule has 1 aromatic heterocycles. The SMILES string of the molecule is O=C(Nc1nc(-c2ccc(Br)cc2)cs1)c1c(F)c(F)c(F)c(F)c1F. The fourth-order valence-corrected chi connectivity index (χ4v) is 3.03. The summed E-state index contributed by atoms with van der Waals surface area (Å²) in [6, 6.07) is 7.02. The van der Waals surface area contributed by atoms with E-state index in [0.717, 1.165) is 15.8 Å². The minimum Gasteiger partial charge on any atom is -0.298 e.